The van der Waals surface area contributed by atoms with Crippen LogP contribution in [0.1, 0.15) is 11.1 Å². The number of nitrogen functional groups attached to an aromatic ring is 1. The van der Waals surface area contributed by atoms with Crippen LogP contribution in [0.25, 0.3) is 16.7 Å². The second-order valence-electron chi connectivity index (χ2n) is 6.00. The standard InChI is InChI=1S/C19H15ClFN3O2S2/c1-10(11-5-6-16(21)15(20)8-11)17-18(27)14(9-24-19(17)22)12-3-2-4-13(7-12)28(23,25)26/h2-9H,1H2,(H3,22,24,27)(H2,23,25,26). The summed E-state index contributed by atoms with van der Waals surface area (Å²) >= 11 is 11.4. The molecule has 0 bridgehead atoms. The second-order valence-corrected chi connectivity index (χ2v) is 8.38. The van der Waals surface area contributed by atoms with E-state index in [0.717, 1.165) is 0 Å². The predicted octanol–water partition coefficient (Wildman–Crippen LogP) is 4.49. The molecule has 2 aromatic carbocycles. The fourth-order valence-electron chi connectivity index (χ4n) is 2.73. The fraction of sp³-hybridized carbons (Fsp3) is 0. The first-order valence-corrected chi connectivity index (χ1v) is 10.2. The molecule has 3 aromatic rings. The Morgan fingerprint density at radius 1 is 1.21 bits per heavy atom. The third kappa shape index (κ3) is 3.85. The van der Waals surface area contributed by atoms with E-state index in [0.29, 0.717) is 32.3 Å². The van der Waals surface area contributed by atoms with Gasteiger partial charge >= 0.3 is 0 Å². The van der Waals surface area contributed by atoms with Crippen LogP contribution < -0.4 is 10.9 Å². The van der Waals surface area contributed by atoms with Gasteiger partial charge in [-0.05, 0) is 41.0 Å². The number of hydrogen-bond acceptors (Lipinski definition) is 4. The normalized spacial score (nSPS) is 11.4. The zero-order chi connectivity index (χ0) is 20.6. The van der Waals surface area contributed by atoms with Gasteiger partial charge in [0.1, 0.15) is 11.6 Å². The molecular weight excluding hydrogens is 421 g/mol. The number of benzene rings is 2. The summed E-state index contributed by atoms with van der Waals surface area (Å²) in [5.41, 5.74) is 8.59. The van der Waals surface area contributed by atoms with Crippen LogP contribution in [0.5, 0.6) is 0 Å². The average molecular weight is 436 g/mol. The topological polar surface area (TPSA) is 102 Å². The van der Waals surface area contributed by atoms with Crippen LogP contribution in [0.4, 0.5) is 10.2 Å². The van der Waals surface area contributed by atoms with Gasteiger partial charge in [0, 0.05) is 17.3 Å². The summed E-state index contributed by atoms with van der Waals surface area (Å²) < 4.78 is 37.1. The molecule has 0 aliphatic carbocycles. The Labute approximate surface area is 171 Å². The Morgan fingerprint density at radius 2 is 1.93 bits per heavy atom. The molecule has 0 saturated heterocycles. The van der Waals surface area contributed by atoms with E-state index in [-0.39, 0.29) is 15.7 Å². The Balaban J connectivity index is 2.17. The molecule has 9 heteroatoms. The lowest BCUT2D eigenvalue weighted by Gasteiger charge is -2.13. The Hall–Kier alpha value is -2.52. The van der Waals surface area contributed by atoms with Gasteiger partial charge in [-0.25, -0.2) is 17.9 Å². The number of aromatic nitrogens is 1. The van der Waals surface area contributed by atoms with Crippen LogP contribution in [0.15, 0.2) is 60.1 Å². The van der Waals surface area contributed by atoms with Crippen molar-refractivity contribution >= 4 is 45.2 Å². The molecule has 0 saturated carbocycles. The van der Waals surface area contributed by atoms with Crippen LogP contribution >= 0.6 is 23.8 Å². The predicted molar refractivity (Wildman–Crippen MR) is 112 cm³/mol. The lowest BCUT2D eigenvalue weighted by molar-refractivity contribution is 0.598. The van der Waals surface area contributed by atoms with Crippen LogP contribution in [0.2, 0.25) is 5.02 Å². The Bertz CT molecular complexity index is 1270. The van der Waals surface area contributed by atoms with Crippen molar-refractivity contribution in [2.75, 3.05) is 5.73 Å². The van der Waals surface area contributed by atoms with Gasteiger partial charge in [-0.15, -0.1) is 0 Å². The van der Waals surface area contributed by atoms with Crippen LogP contribution in [0.3, 0.4) is 0 Å². The average Bonchev–Trinajstić information content (AvgIpc) is 2.63. The number of nitrogens with two attached hydrogens (primary N) is 2. The number of anilines is 1. The van der Waals surface area contributed by atoms with Crippen molar-refractivity contribution in [3.05, 3.63) is 81.7 Å². The van der Waals surface area contributed by atoms with Crippen LogP contribution in [0, 0.1) is 10.3 Å². The minimum absolute atomic E-state index is 0.0399. The second kappa shape index (κ2) is 7.48. The molecule has 1 aromatic heterocycles. The molecule has 0 amide bonds. The molecule has 28 heavy (non-hydrogen) atoms. The van der Waals surface area contributed by atoms with Crippen molar-refractivity contribution in [1.82, 2.24) is 4.98 Å². The van der Waals surface area contributed by atoms with E-state index in [4.69, 9.17) is 34.7 Å². The molecule has 0 spiro atoms. The first-order chi connectivity index (χ1) is 13.1. The zero-order valence-electron chi connectivity index (χ0n) is 14.4. The summed E-state index contributed by atoms with van der Waals surface area (Å²) in [6.07, 6.45) is 1.58. The summed E-state index contributed by atoms with van der Waals surface area (Å²) in [5, 5.41) is 5.16. The van der Waals surface area contributed by atoms with Crippen molar-refractivity contribution in [1.29, 1.82) is 0 Å². The van der Waals surface area contributed by atoms with E-state index in [1.807, 2.05) is 0 Å². The van der Waals surface area contributed by atoms with Gasteiger partial charge in [-0.1, -0.05) is 48.6 Å². The first kappa shape index (κ1) is 20.2. The number of H-pyrrole nitrogens is 1. The highest BCUT2D eigenvalue weighted by atomic mass is 35.5. The number of rotatable bonds is 4. The van der Waals surface area contributed by atoms with Crippen molar-refractivity contribution in [3.8, 4) is 11.1 Å². The molecule has 0 unspecified atom stereocenters. The minimum Gasteiger partial charge on any atom is -0.385 e. The van der Waals surface area contributed by atoms with Crippen molar-refractivity contribution < 1.29 is 12.8 Å². The Morgan fingerprint density at radius 3 is 2.57 bits per heavy atom. The lowest BCUT2D eigenvalue weighted by Crippen LogP contribution is -2.12. The largest absolute Gasteiger partial charge is 0.385 e. The van der Waals surface area contributed by atoms with Crippen LogP contribution in [-0.4, -0.2) is 13.4 Å². The molecule has 144 valence electrons. The van der Waals surface area contributed by atoms with Gasteiger partial charge < -0.3 is 10.7 Å². The summed E-state index contributed by atoms with van der Waals surface area (Å²) in [4.78, 5) is 2.87. The molecule has 1 heterocycles. The van der Waals surface area contributed by atoms with Gasteiger partial charge in [-0.2, -0.15) is 0 Å². The maximum atomic E-state index is 13.5. The van der Waals surface area contributed by atoms with Gasteiger partial charge in [0.2, 0.25) is 10.0 Å². The summed E-state index contributed by atoms with van der Waals surface area (Å²) in [6, 6.07) is 10.3. The third-order valence-electron chi connectivity index (χ3n) is 4.16. The van der Waals surface area contributed by atoms with Gasteiger partial charge in [0.15, 0.2) is 0 Å². The highest BCUT2D eigenvalue weighted by Crippen LogP contribution is 2.33. The maximum Gasteiger partial charge on any atom is 0.238 e. The quantitative estimate of drug-likeness (QED) is 0.525. The number of pyridine rings is 1. The van der Waals surface area contributed by atoms with Gasteiger partial charge in [-0.3, -0.25) is 0 Å². The molecular formula is C19H15ClFN3O2S2. The SMILES string of the molecule is C=C(c1ccc(F)c(Cl)c1)c1c(N)[nH]cc(-c2cccc(S(N)(=O)=O)c2)c1=S. The van der Waals surface area contributed by atoms with E-state index in [9.17, 15) is 12.8 Å². The van der Waals surface area contributed by atoms with Gasteiger partial charge in [0.25, 0.3) is 0 Å². The summed E-state index contributed by atoms with van der Waals surface area (Å²) in [5.74, 6) is -0.285. The number of aromatic amines is 1. The summed E-state index contributed by atoms with van der Waals surface area (Å²) in [7, 11) is -3.87. The smallest absolute Gasteiger partial charge is 0.238 e. The maximum absolute atomic E-state index is 13.5. The highest BCUT2D eigenvalue weighted by Gasteiger charge is 2.15. The monoisotopic (exact) mass is 435 g/mol. The van der Waals surface area contributed by atoms with E-state index >= 15 is 0 Å². The lowest BCUT2D eigenvalue weighted by atomic mass is 9.97. The molecule has 0 fully saturated rings. The van der Waals surface area contributed by atoms with Crippen molar-refractivity contribution in [2.24, 2.45) is 5.14 Å². The number of hydrogen-bond donors (Lipinski definition) is 3. The van der Waals surface area contributed by atoms with E-state index in [1.54, 1.807) is 18.3 Å². The van der Waals surface area contributed by atoms with Crippen molar-refractivity contribution in [3.63, 3.8) is 0 Å². The van der Waals surface area contributed by atoms with E-state index < -0.39 is 15.8 Å². The number of nitrogens with one attached hydrogen (secondary N) is 1. The van der Waals surface area contributed by atoms with Crippen LogP contribution in [-0.2, 0) is 10.0 Å². The molecule has 0 atom stereocenters. The molecule has 0 aliphatic heterocycles. The molecule has 0 radical (unpaired) electrons. The van der Waals surface area contributed by atoms with Crippen molar-refractivity contribution in [2.45, 2.75) is 4.90 Å². The third-order valence-corrected chi connectivity index (χ3v) is 5.78. The molecule has 5 nitrogen and oxygen atoms in total. The minimum atomic E-state index is -3.87. The highest BCUT2D eigenvalue weighted by molar-refractivity contribution is 7.89. The number of primary sulfonamides is 1. The zero-order valence-corrected chi connectivity index (χ0v) is 16.8. The number of sulfonamides is 1. The van der Waals surface area contributed by atoms with Gasteiger partial charge in [0.05, 0.1) is 14.4 Å². The van der Waals surface area contributed by atoms with E-state index in [1.165, 1.54) is 30.3 Å². The fourth-order valence-corrected chi connectivity index (χ4v) is 3.88. The summed E-state index contributed by atoms with van der Waals surface area (Å²) in [6.45, 7) is 4.02. The molecule has 5 N–H and O–H groups in total. The first-order valence-electron chi connectivity index (χ1n) is 7.88. The van der Waals surface area contributed by atoms with E-state index in [2.05, 4.69) is 11.6 Å². The molecule has 0 aliphatic rings. The molecule has 3 rings (SSSR count). The Kier molecular flexibility index (Phi) is 5.40. The number of halogens is 2.